The molecule has 2 aromatic rings. The Kier molecular flexibility index (Phi) is 8.72. The zero-order chi connectivity index (χ0) is 22.9. The van der Waals surface area contributed by atoms with Crippen molar-refractivity contribution in [2.75, 3.05) is 38.0 Å². The SMILES string of the molecule is C=C/C=C(\C=C)CCNCCCNC[C@@H]1CC[C@H](n2cc3c4c(ncnc42)NCCCC3)C1. The van der Waals surface area contributed by atoms with Crippen molar-refractivity contribution in [2.24, 2.45) is 5.92 Å². The Morgan fingerprint density at radius 1 is 1.15 bits per heavy atom. The van der Waals surface area contributed by atoms with E-state index in [-0.39, 0.29) is 0 Å². The maximum absolute atomic E-state index is 4.70. The lowest BCUT2D eigenvalue weighted by Gasteiger charge is -2.15. The van der Waals surface area contributed by atoms with Crippen molar-refractivity contribution in [2.45, 2.75) is 57.4 Å². The number of hydrogen-bond acceptors (Lipinski definition) is 5. The van der Waals surface area contributed by atoms with E-state index in [4.69, 9.17) is 4.98 Å². The fourth-order valence-corrected chi connectivity index (χ4v) is 5.30. The second-order valence-electron chi connectivity index (χ2n) is 9.44. The highest BCUT2D eigenvalue weighted by atomic mass is 15.1. The van der Waals surface area contributed by atoms with Crippen LogP contribution in [0.3, 0.4) is 0 Å². The molecule has 0 saturated heterocycles. The van der Waals surface area contributed by atoms with Crippen LogP contribution in [0.2, 0.25) is 0 Å². The summed E-state index contributed by atoms with van der Waals surface area (Å²) in [5.41, 5.74) is 3.78. The van der Waals surface area contributed by atoms with Gasteiger partial charge in [-0.25, -0.2) is 9.97 Å². The summed E-state index contributed by atoms with van der Waals surface area (Å²) in [4.78, 5) is 9.23. The maximum Gasteiger partial charge on any atom is 0.146 e. The summed E-state index contributed by atoms with van der Waals surface area (Å²) < 4.78 is 2.46. The van der Waals surface area contributed by atoms with E-state index in [1.165, 1.54) is 48.6 Å². The van der Waals surface area contributed by atoms with E-state index in [0.717, 1.165) is 69.4 Å². The summed E-state index contributed by atoms with van der Waals surface area (Å²) in [7, 11) is 0. The molecule has 0 unspecified atom stereocenters. The first kappa shape index (κ1) is 23.7. The van der Waals surface area contributed by atoms with Crippen molar-refractivity contribution >= 4 is 16.9 Å². The van der Waals surface area contributed by atoms with Crippen LogP contribution in [0.4, 0.5) is 5.82 Å². The Hall–Kier alpha value is -2.44. The van der Waals surface area contributed by atoms with Gasteiger partial charge in [-0.05, 0) is 94.6 Å². The first-order valence-corrected chi connectivity index (χ1v) is 12.7. The van der Waals surface area contributed by atoms with Crippen LogP contribution < -0.4 is 16.0 Å². The van der Waals surface area contributed by atoms with Crippen molar-refractivity contribution in [1.29, 1.82) is 0 Å². The average Bonchev–Trinajstić information content (AvgIpc) is 3.43. The Bertz CT molecular complexity index is 959. The summed E-state index contributed by atoms with van der Waals surface area (Å²) in [6, 6.07) is 0.556. The number of nitrogens with zero attached hydrogens (tertiary/aromatic N) is 3. The smallest absolute Gasteiger partial charge is 0.146 e. The number of anilines is 1. The fraction of sp³-hybridized carbons (Fsp3) is 0.556. The molecule has 178 valence electrons. The molecule has 1 saturated carbocycles. The van der Waals surface area contributed by atoms with Crippen molar-refractivity contribution < 1.29 is 0 Å². The largest absolute Gasteiger partial charge is 0.369 e. The fourth-order valence-electron chi connectivity index (χ4n) is 5.30. The molecule has 0 radical (unpaired) electrons. The van der Waals surface area contributed by atoms with Crippen molar-refractivity contribution in [3.8, 4) is 0 Å². The van der Waals surface area contributed by atoms with Crippen LogP contribution in [0.1, 0.15) is 56.6 Å². The van der Waals surface area contributed by atoms with Gasteiger partial charge in [0.15, 0.2) is 0 Å². The molecule has 0 spiro atoms. The quantitative estimate of drug-likeness (QED) is 0.322. The molecule has 4 rings (SSSR count). The minimum absolute atomic E-state index is 0.556. The summed E-state index contributed by atoms with van der Waals surface area (Å²) in [6.45, 7) is 12.8. The van der Waals surface area contributed by atoms with Gasteiger partial charge in [0.2, 0.25) is 0 Å². The summed E-state index contributed by atoms with van der Waals surface area (Å²) in [5, 5.41) is 12.0. The highest BCUT2D eigenvalue weighted by molar-refractivity contribution is 5.91. The van der Waals surface area contributed by atoms with E-state index in [0.29, 0.717) is 6.04 Å². The van der Waals surface area contributed by atoms with Gasteiger partial charge in [-0.1, -0.05) is 31.4 Å². The molecule has 33 heavy (non-hydrogen) atoms. The Morgan fingerprint density at radius 2 is 2.06 bits per heavy atom. The first-order chi connectivity index (χ1) is 16.3. The van der Waals surface area contributed by atoms with Crippen molar-refractivity contribution in [3.63, 3.8) is 0 Å². The van der Waals surface area contributed by atoms with Crippen LogP contribution in [0.25, 0.3) is 11.0 Å². The summed E-state index contributed by atoms with van der Waals surface area (Å²) in [6.07, 6.45) is 19.4. The molecule has 6 heteroatoms. The standard InChI is InChI=1S/C27H40N6/c1-3-8-21(4-2)12-16-28-13-7-14-29-18-22-10-11-24(17-22)33-19-23-9-5-6-15-30-26-25(23)27(33)32-20-31-26/h3-4,8,19-20,22,24,28-29H,1-2,5-7,9-18H2,(H,30,31,32)/b21-8+/t22-,24+/m1/s1. The minimum Gasteiger partial charge on any atom is -0.369 e. The molecule has 2 aliphatic rings. The zero-order valence-electron chi connectivity index (χ0n) is 20.0. The number of aromatic nitrogens is 3. The van der Waals surface area contributed by atoms with E-state index < -0.39 is 0 Å². The molecular formula is C27H40N6. The third kappa shape index (κ3) is 6.12. The first-order valence-electron chi connectivity index (χ1n) is 12.7. The van der Waals surface area contributed by atoms with Crippen molar-refractivity contribution in [3.05, 3.63) is 55.0 Å². The second-order valence-corrected chi connectivity index (χ2v) is 9.44. The number of hydrogen-bond donors (Lipinski definition) is 3. The van der Waals surface area contributed by atoms with E-state index >= 15 is 0 Å². The average molecular weight is 449 g/mol. The van der Waals surface area contributed by atoms with Crippen LogP contribution in [0, 0.1) is 5.92 Å². The maximum atomic E-state index is 4.70. The molecule has 0 bridgehead atoms. The molecule has 2 atom stereocenters. The number of allylic oxidation sites excluding steroid dienone is 3. The van der Waals surface area contributed by atoms with Crippen LogP contribution in [0.5, 0.6) is 0 Å². The molecule has 2 aromatic heterocycles. The number of aryl methyl sites for hydroxylation is 1. The van der Waals surface area contributed by atoms with Crippen LogP contribution >= 0.6 is 0 Å². The molecule has 1 fully saturated rings. The second kappa shape index (κ2) is 12.1. The lowest BCUT2D eigenvalue weighted by molar-refractivity contribution is 0.451. The van der Waals surface area contributed by atoms with E-state index in [1.807, 2.05) is 18.2 Å². The van der Waals surface area contributed by atoms with Gasteiger partial charge in [0.25, 0.3) is 0 Å². The summed E-state index contributed by atoms with van der Waals surface area (Å²) >= 11 is 0. The minimum atomic E-state index is 0.556. The molecule has 3 N–H and O–H groups in total. The lowest BCUT2D eigenvalue weighted by atomic mass is 10.1. The monoisotopic (exact) mass is 448 g/mol. The van der Waals surface area contributed by atoms with Crippen molar-refractivity contribution in [1.82, 2.24) is 25.2 Å². The van der Waals surface area contributed by atoms with E-state index in [2.05, 4.69) is 44.9 Å². The predicted molar refractivity (Wildman–Crippen MR) is 139 cm³/mol. The van der Waals surface area contributed by atoms with Gasteiger partial charge in [0, 0.05) is 18.8 Å². The molecular weight excluding hydrogens is 408 g/mol. The van der Waals surface area contributed by atoms with Gasteiger partial charge >= 0.3 is 0 Å². The van der Waals surface area contributed by atoms with Gasteiger partial charge in [-0.3, -0.25) is 0 Å². The zero-order valence-corrected chi connectivity index (χ0v) is 20.0. The normalized spacial score (nSPS) is 20.9. The highest BCUT2D eigenvalue weighted by Gasteiger charge is 2.28. The topological polar surface area (TPSA) is 66.8 Å². The Morgan fingerprint density at radius 3 is 2.94 bits per heavy atom. The van der Waals surface area contributed by atoms with Crippen LogP contribution in [-0.4, -0.2) is 47.3 Å². The molecule has 0 amide bonds. The van der Waals surface area contributed by atoms with E-state index in [1.54, 1.807) is 6.33 Å². The molecule has 6 nitrogen and oxygen atoms in total. The molecule has 1 aliphatic heterocycles. The highest BCUT2D eigenvalue weighted by Crippen LogP contribution is 2.38. The summed E-state index contributed by atoms with van der Waals surface area (Å²) in [5.74, 6) is 1.77. The molecule has 3 heterocycles. The Labute approximate surface area is 198 Å². The third-order valence-corrected chi connectivity index (χ3v) is 7.08. The van der Waals surface area contributed by atoms with Gasteiger partial charge in [-0.2, -0.15) is 0 Å². The van der Waals surface area contributed by atoms with E-state index in [9.17, 15) is 0 Å². The molecule has 1 aliphatic carbocycles. The molecule has 0 aromatic carbocycles. The Balaban J connectivity index is 1.20. The van der Waals surface area contributed by atoms with Gasteiger partial charge in [-0.15, -0.1) is 0 Å². The number of rotatable bonds is 12. The lowest BCUT2D eigenvalue weighted by Crippen LogP contribution is -2.26. The van der Waals surface area contributed by atoms with Gasteiger partial charge in [0.05, 0.1) is 5.39 Å². The predicted octanol–water partition coefficient (Wildman–Crippen LogP) is 4.78. The third-order valence-electron chi connectivity index (χ3n) is 7.08. The van der Waals surface area contributed by atoms with Crippen LogP contribution in [0.15, 0.2) is 49.5 Å². The van der Waals surface area contributed by atoms with Crippen LogP contribution in [-0.2, 0) is 6.42 Å². The van der Waals surface area contributed by atoms with Gasteiger partial charge < -0.3 is 20.5 Å². The van der Waals surface area contributed by atoms with Gasteiger partial charge in [0.1, 0.15) is 17.8 Å². The number of nitrogens with one attached hydrogen (secondary N) is 3.